The Balaban J connectivity index is 1.50. The van der Waals surface area contributed by atoms with Crippen LogP contribution in [-0.4, -0.2) is 24.0 Å². The minimum Gasteiger partial charge on any atom is -0.307 e. The zero-order valence-electron chi connectivity index (χ0n) is 16.7. The molecule has 0 amide bonds. The Morgan fingerprint density at radius 3 is 2.14 bits per heavy atom. The lowest BCUT2D eigenvalue weighted by molar-refractivity contribution is 0.162. The third-order valence-corrected chi connectivity index (χ3v) is 5.94. The smallest absolute Gasteiger partial charge is 0.0294 e. The summed E-state index contributed by atoms with van der Waals surface area (Å²) in [7, 11) is 0. The van der Waals surface area contributed by atoms with Gasteiger partial charge in [-0.1, -0.05) is 91.0 Å². The first kappa shape index (κ1) is 18.9. The average Bonchev–Trinajstić information content (AvgIpc) is 2.77. The van der Waals surface area contributed by atoms with Gasteiger partial charge in [-0.2, -0.15) is 0 Å². The largest absolute Gasteiger partial charge is 0.307 e. The molecule has 4 rings (SSSR count). The van der Waals surface area contributed by atoms with Crippen molar-refractivity contribution in [1.82, 2.24) is 10.2 Å². The maximum Gasteiger partial charge on any atom is 0.0294 e. The predicted molar refractivity (Wildman–Crippen MR) is 117 cm³/mol. The lowest BCUT2D eigenvalue weighted by Gasteiger charge is -2.40. The summed E-state index contributed by atoms with van der Waals surface area (Å²) < 4.78 is 0. The summed E-state index contributed by atoms with van der Waals surface area (Å²) in [6.07, 6.45) is 1.17. The van der Waals surface area contributed by atoms with E-state index in [1.54, 1.807) is 0 Å². The molecular weight excluding hydrogens is 340 g/mol. The summed E-state index contributed by atoms with van der Waals surface area (Å²) in [5.41, 5.74) is 4.21. The van der Waals surface area contributed by atoms with E-state index in [0.717, 1.165) is 19.6 Å². The van der Waals surface area contributed by atoms with Crippen LogP contribution in [0.15, 0.2) is 91.0 Å². The van der Waals surface area contributed by atoms with Crippen molar-refractivity contribution >= 4 is 0 Å². The zero-order chi connectivity index (χ0) is 19.2. The van der Waals surface area contributed by atoms with E-state index in [1.165, 1.54) is 23.1 Å². The topological polar surface area (TPSA) is 15.3 Å². The van der Waals surface area contributed by atoms with E-state index in [-0.39, 0.29) is 0 Å². The quantitative estimate of drug-likeness (QED) is 0.625. The monoisotopic (exact) mass is 370 g/mol. The van der Waals surface area contributed by atoms with Crippen molar-refractivity contribution in [2.24, 2.45) is 0 Å². The van der Waals surface area contributed by atoms with Gasteiger partial charge in [-0.25, -0.2) is 0 Å². The van der Waals surface area contributed by atoms with Crippen molar-refractivity contribution in [2.45, 2.75) is 37.9 Å². The molecule has 3 aromatic carbocycles. The van der Waals surface area contributed by atoms with Gasteiger partial charge in [0.15, 0.2) is 0 Å². The standard InChI is InChI=1S/C26H30N2/c1-21(23-13-7-3-8-14-23)27-26-17-18-28(19-22-11-5-2-6-12-22)20-25(26)24-15-9-4-10-16-24/h2-16,21,25-27H,17-20H2,1H3. The van der Waals surface area contributed by atoms with Crippen molar-refractivity contribution in [3.8, 4) is 0 Å². The van der Waals surface area contributed by atoms with Gasteiger partial charge in [0.2, 0.25) is 0 Å². The highest BCUT2D eigenvalue weighted by Crippen LogP contribution is 2.30. The normalized spacial score (nSPS) is 21.3. The molecule has 0 aliphatic carbocycles. The van der Waals surface area contributed by atoms with Crippen LogP contribution in [0.5, 0.6) is 0 Å². The lowest BCUT2D eigenvalue weighted by atomic mass is 9.85. The molecule has 28 heavy (non-hydrogen) atoms. The number of nitrogens with zero attached hydrogens (tertiary/aromatic N) is 1. The molecule has 0 bridgehead atoms. The molecule has 1 saturated heterocycles. The van der Waals surface area contributed by atoms with Crippen LogP contribution in [0.25, 0.3) is 0 Å². The van der Waals surface area contributed by atoms with Gasteiger partial charge in [0, 0.05) is 37.6 Å². The van der Waals surface area contributed by atoms with Crippen LogP contribution >= 0.6 is 0 Å². The van der Waals surface area contributed by atoms with Gasteiger partial charge in [0.25, 0.3) is 0 Å². The Hall–Kier alpha value is -2.42. The number of nitrogens with one attached hydrogen (secondary N) is 1. The van der Waals surface area contributed by atoms with E-state index in [2.05, 4.69) is 108 Å². The summed E-state index contributed by atoms with van der Waals surface area (Å²) >= 11 is 0. The summed E-state index contributed by atoms with van der Waals surface area (Å²) in [6.45, 7) is 5.55. The van der Waals surface area contributed by atoms with Crippen LogP contribution in [0.4, 0.5) is 0 Å². The number of hydrogen-bond acceptors (Lipinski definition) is 2. The molecule has 3 unspecified atom stereocenters. The average molecular weight is 371 g/mol. The fourth-order valence-electron chi connectivity index (χ4n) is 4.40. The lowest BCUT2D eigenvalue weighted by Crippen LogP contribution is -2.48. The Labute approximate surface area is 169 Å². The molecule has 0 aromatic heterocycles. The summed E-state index contributed by atoms with van der Waals surface area (Å²) in [6, 6.07) is 33.5. The van der Waals surface area contributed by atoms with E-state index < -0.39 is 0 Å². The summed E-state index contributed by atoms with van der Waals surface area (Å²) in [4.78, 5) is 2.61. The molecule has 3 atom stereocenters. The number of benzene rings is 3. The molecule has 0 saturated carbocycles. The Morgan fingerprint density at radius 2 is 1.46 bits per heavy atom. The second-order valence-corrected chi connectivity index (χ2v) is 7.93. The highest BCUT2D eigenvalue weighted by molar-refractivity contribution is 5.24. The molecule has 0 spiro atoms. The fraction of sp³-hybridized carbons (Fsp3) is 0.308. The van der Waals surface area contributed by atoms with Crippen LogP contribution in [0, 0.1) is 0 Å². The third-order valence-electron chi connectivity index (χ3n) is 5.94. The first-order valence-electron chi connectivity index (χ1n) is 10.4. The molecule has 2 heteroatoms. The molecule has 3 aromatic rings. The first-order chi connectivity index (χ1) is 13.8. The second-order valence-electron chi connectivity index (χ2n) is 7.93. The van der Waals surface area contributed by atoms with Crippen molar-refractivity contribution in [3.05, 3.63) is 108 Å². The van der Waals surface area contributed by atoms with Crippen molar-refractivity contribution in [1.29, 1.82) is 0 Å². The van der Waals surface area contributed by atoms with E-state index in [0.29, 0.717) is 18.0 Å². The Kier molecular flexibility index (Phi) is 6.20. The maximum absolute atomic E-state index is 3.94. The van der Waals surface area contributed by atoms with E-state index in [1.807, 2.05) is 0 Å². The van der Waals surface area contributed by atoms with E-state index >= 15 is 0 Å². The Morgan fingerprint density at radius 1 is 0.857 bits per heavy atom. The van der Waals surface area contributed by atoms with Crippen LogP contribution in [0.2, 0.25) is 0 Å². The fourth-order valence-corrected chi connectivity index (χ4v) is 4.40. The van der Waals surface area contributed by atoms with Gasteiger partial charge >= 0.3 is 0 Å². The Bertz CT molecular complexity index is 832. The van der Waals surface area contributed by atoms with Crippen molar-refractivity contribution in [3.63, 3.8) is 0 Å². The van der Waals surface area contributed by atoms with Gasteiger partial charge in [0.05, 0.1) is 0 Å². The van der Waals surface area contributed by atoms with Gasteiger partial charge in [-0.3, -0.25) is 4.90 Å². The molecule has 1 aliphatic rings. The highest BCUT2D eigenvalue weighted by atomic mass is 15.2. The molecule has 1 N–H and O–H groups in total. The molecule has 1 fully saturated rings. The molecular formula is C26H30N2. The number of likely N-dealkylation sites (tertiary alicyclic amines) is 1. The predicted octanol–water partition coefficient (Wildman–Crippen LogP) is 5.40. The highest BCUT2D eigenvalue weighted by Gasteiger charge is 2.31. The zero-order valence-corrected chi connectivity index (χ0v) is 16.7. The SMILES string of the molecule is CC(NC1CCN(Cc2ccccc2)CC1c1ccccc1)c1ccccc1. The van der Waals surface area contributed by atoms with Gasteiger partial charge in [-0.15, -0.1) is 0 Å². The van der Waals surface area contributed by atoms with Crippen molar-refractivity contribution in [2.75, 3.05) is 13.1 Å². The molecule has 1 aliphatic heterocycles. The van der Waals surface area contributed by atoms with E-state index in [9.17, 15) is 0 Å². The van der Waals surface area contributed by atoms with Gasteiger partial charge in [0.1, 0.15) is 0 Å². The van der Waals surface area contributed by atoms with Crippen LogP contribution < -0.4 is 5.32 Å². The summed E-state index contributed by atoms with van der Waals surface area (Å²) in [5.74, 6) is 0.504. The number of rotatable bonds is 6. The first-order valence-corrected chi connectivity index (χ1v) is 10.4. The van der Waals surface area contributed by atoms with Crippen molar-refractivity contribution < 1.29 is 0 Å². The molecule has 1 heterocycles. The summed E-state index contributed by atoms with van der Waals surface area (Å²) in [5, 5.41) is 3.94. The number of piperidine rings is 1. The molecule has 2 nitrogen and oxygen atoms in total. The second kappa shape index (κ2) is 9.18. The third kappa shape index (κ3) is 4.70. The molecule has 144 valence electrons. The van der Waals surface area contributed by atoms with E-state index in [4.69, 9.17) is 0 Å². The van der Waals surface area contributed by atoms with Gasteiger partial charge < -0.3 is 5.32 Å². The maximum atomic E-state index is 3.94. The van der Waals surface area contributed by atoms with Crippen LogP contribution in [0.1, 0.15) is 42.0 Å². The molecule has 0 radical (unpaired) electrons. The van der Waals surface area contributed by atoms with Crippen LogP contribution in [0.3, 0.4) is 0 Å². The van der Waals surface area contributed by atoms with Crippen LogP contribution in [-0.2, 0) is 6.54 Å². The minimum atomic E-state index is 0.359. The minimum absolute atomic E-state index is 0.359. The number of hydrogen-bond donors (Lipinski definition) is 1. The van der Waals surface area contributed by atoms with Gasteiger partial charge in [-0.05, 0) is 30.0 Å².